The lowest BCUT2D eigenvalue weighted by Crippen LogP contribution is -2.37. The Hall–Kier alpha value is -3.95. The van der Waals surface area contributed by atoms with Crippen molar-refractivity contribution in [2.24, 2.45) is 5.92 Å². The van der Waals surface area contributed by atoms with Gasteiger partial charge in [-0.05, 0) is 54.4 Å². The molecule has 2 fully saturated rings. The molecule has 2 aliphatic rings. The van der Waals surface area contributed by atoms with Crippen molar-refractivity contribution >= 4 is 40.5 Å². The molecule has 0 saturated carbocycles. The van der Waals surface area contributed by atoms with Gasteiger partial charge in [-0.2, -0.15) is 0 Å². The summed E-state index contributed by atoms with van der Waals surface area (Å²) in [5, 5.41) is 13.0. The van der Waals surface area contributed by atoms with Gasteiger partial charge < -0.3 is 4.74 Å². The van der Waals surface area contributed by atoms with Gasteiger partial charge in [0.25, 0.3) is 11.6 Å². The summed E-state index contributed by atoms with van der Waals surface area (Å²) in [6.45, 7) is 2.56. The normalized spacial score (nSPS) is 21.1. The second kappa shape index (κ2) is 9.60. The smallest absolute Gasteiger partial charge is 0.288 e. The molecule has 3 aromatic carbocycles. The fraction of sp³-hybridized carbons (Fsp3) is 0.231. The Morgan fingerprint density at radius 2 is 1.72 bits per heavy atom. The third-order valence-electron chi connectivity index (χ3n) is 6.20. The van der Waals surface area contributed by atoms with Gasteiger partial charge in [0.05, 0.1) is 28.9 Å². The first-order valence-corrected chi connectivity index (χ1v) is 11.8. The maximum absolute atomic E-state index is 13.7. The van der Waals surface area contributed by atoms with Crippen molar-refractivity contribution in [3.8, 4) is 5.75 Å². The summed E-state index contributed by atoms with van der Waals surface area (Å²) in [5.41, 5.74) is 1.16. The maximum Gasteiger partial charge on any atom is 0.288 e. The van der Waals surface area contributed by atoms with Crippen LogP contribution >= 0.6 is 11.6 Å². The number of nitro benzene ring substituents is 1. The van der Waals surface area contributed by atoms with Gasteiger partial charge in [0.15, 0.2) is 6.10 Å². The minimum absolute atomic E-state index is 0.0219. The van der Waals surface area contributed by atoms with Gasteiger partial charge in [-0.1, -0.05) is 42.8 Å². The molecule has 10 heteroatoms. The lowest BCUT2D eigenvalue weighted by Gasteiger charge is -2.28. The zero-order valence-corrected chi connectivity index (χ0v) is 20.0. The van der Waals surface area contributed by atoms with Crippen LogP contribution in [0.4, 0.5) is 17.1 Å². The van der Waals surface area contributed by atoms with Crippen molar-refractivity contribution in [2.45, 2.75) is 25.5 Å². The number of benzene rings is 3. The molecule has 3 atom stereocenters. The van der Waals surface area contributed by atoms with Crippen molar-refractivity contribution in [1.82, 2.24) is 0 Å². The van der Waals surface area contributed by atoms with Crippen LogP contribution in [0.2, 0.25) is 5.02 Å². The van der Waals surface area contributed by atoms with Gasteiger partial charge in [0.1, 0.15) is 16.7 Å². The lowest BCUT2D eigenvalue weighted by atomic mass is 9.90. The van der Waals surface area contributed by atoms with Crippen LogP contribution in [0.25, 0.3) is 0 Å². The zero-order valence-electron chi connectivity index (χ0n) is 19.2. The number of ether oxygens (including phenoxy) is 1. The van der Waals surface area contributed by atoms with E-state index in [0.29, 0.717) is 29.3 Å². The largest absolute Gasteiger partial charge is 0.494 e. The number of nitrogens with zero attached hydrogens (tertiary/aromatic N) is 3. The van der Waals surface area contributed by atoms with E-state index in [0.717, 1.165) is 11.3 Å². The molecule has 0 aromatic heterocycles. The summed E-state index contributed by atoms with van der Waals surface area (Å²) in [5.74, 6) is -1.24. The molecule has 0 radical (unpaired) electrons. The molecule has 9 nitrogen and oxygen atoms in total. The van der Waals surface area contributed by atoms with E-state index in [2.05, 4.69) is 0 Å². The van der Waals surface area contributed by atoms with Crippen molar-refractivity contribution in [2.75, 3.05) is 16.6 Å². The minimum atomic E-state index is -1.09. The van der Waals surface area contributed by atoms with Crippen LogP contribution in [0.5, 0.6) is 5.75 Å². The van der Waals surface area contributed by atoms with Gasteiger partial charge in [-0.15, -0.1) is 0 Å². The molecule has 3 aromatic rings. The molecule has 5 rings (SSSR count). The number of carbonyl (C=O) groups is 2. The average Bonchev–Trinajstić information content (AvgIpc) is 3.39. The van der Waals surface area contributed by atoms with Crippen LogP contribution in [-0.4, -0.2) is 29.4 Å². The summed E-state index contributed by atoms with van der Waals surface area (Å²) in [6.07, 6.45) is -0.235. The minimum Gasteiger partial charge on any atom is -0.494 e. The lowest BCUT2D eigenvalue weighted by molar-refractivity contribution is -0.384. The van der Waals surface area contributed by atoms with Crippen molar-refractivity contribution in [1.29, 1.82) is 0 Å². The highest BCUT2D eigenvalue weighted by Crippen LogP contribution is 2.48. The summed E-state index contributed by atoms with van der Waals surface area (Å²) in [6, 6.07) is 19.3. The molecule has 0 N–H and O–H groups in total. The van der Waals surface area contributed by atoms with E-state index in [1.54, 1.807) is 54.6 Å². The third-order valence-corrected chi connectivity index (χ3v) is 6.52. The molecular formula is C26H22ClN3O6. The molecule has 2 aliphatic heterocycles. The Morgan fingerprint density at radius 1 is 1.00 bits per heavy atom. The first-order chi connectivity index (χ1) is 17.4. The topological polar surface area (TPSA) is 102 Å². The third kappa shape index (κ3) is 4.06. The molecule has 2 saturated heterocycles. The summed E-state index contributed by atoms with van der Waals surface area (Å²) >= 11 is 6.04. The van der Waals surface area contributed by atoms with E-state index in [1.165, 1.54) is 17.2 Å². The van der Waals surface area contributed by atoms with Crippen LogP contribution < -0.4 is 14.7 Å². The number of nitro groups is 1. The summed E-state index contributed by atoms with van der Waals surface area (Å²) in [7, 11) is 0. The van der Waals surface area contributed by atoms with Gasteiger partial charge in [-0.25, -0.2) is 9.96 Å². The molecule has 0 spiro atoms. The van der Waals surface area contributed by atoms with Crippen molar-refractivity contribution in [3.63, 3.8) is 0 Å². The highest BCUT2D eigenvalue weighted by molar-refractivity contribution is 6.32. The van der Waals surface area contributed by atoms with Gasteiger partial charge in [-0.3, -0.25) is 24.5 Å². The fourth-order valence-electron chi connectivity index (χ4n) is 4.57. The highest BCUT2D eigenvalue weighted by Gasteiger charge is 2.60. The number of fused-ring (bicyclic) bond motifs is 1. The standard InChI is InChI=1S/C26H22ClN3O6/c1-2-14-35-19-11-9-17(10-12-19)28-25(31)22-23(16-8-13-20(27)21(15-16)30(33)34)29(36-24(22)26(28)32)18-6-4-3-5-7-18/h3-13,15,22-24H,2,14H2,1H3/t22-,23+,24-/m0/s1. The SMILES string of the molecule is CCCOc1ccc(N2C(=O)[C@@H]3[C@H](ON(c4ccccc4)[C@@H]3c3ccc(Cl)c([N+](=O)[O-])c3)C2=O)cc1. The van der Waals surface area contributed by atoms with E-state index < -0.39 is 34.8 Å². The van der Waals surface area contributed by atoms with Crippen LogP contribution in [-0.2, 0) is 14.4 Å². The van der Waals surface area contributed by atoms with Gasteiger partial charge >= 0.3 is 0 Å². The number of hydroxylamine groups is 1. The van der Waals surface area contributed by atoms with E-state index in [9.17, 15) is 19.7 Å². The van der Waals surface area contributed by atoms with E-state index in [1.807, 2.05) is 13.0 Å². The zero-order chi connectivity index (χ0) is 25.4. The number of halogens is 1. The molecule has 36 heavy (non-hydrogen) atoms. The first-order valence-electron chi connectivity index (χ1n) is 11.5. The molecule has 184 valence electrons. The summed E-state index contributed by atoms with van der Waals surface area (Å²) in [4.78, 5) is 45.3. The van der Waals surface area contributed by atoms with E-state index >= 15 is 0 Å². The Bertz CT molecular complexity index is 1320. The number of carbonyl (C=O) groups excluding carboxylic acids is 2. The average molecular weight is 508 g/mol. The molecule has 2 heterocycles. The molecule has 0 aliphatic carbocycles. The van der Waals surface area contributed by atoms with Crippen molar-refractivity contribution in [3.05, 3.63) is 93.5 Å². The Morgan fingerprint density at radius 3 is 2.39 bits per heavy atom. The first kappa shape index (κ1) is 23.8. The maximum atomic E-state index is 13.7. The Balaban J connectivity index is 1.54. The Kier molecular flexibility index (Phi) is 6.34. The Labute approximate surface area is 211 Å². The number of imide groups is 1. The van der Waals surface area contributed by atoms with Crippen LogP contribution in [0, 0.1) is 16.0 Å². The van der Waals surface area contributed by atoms with Crippen LogP contribution in [0.15, 0.2) is 72.8 Å². The number of amides is 2. The molecule has 0 unspecified atom stereocenters. The molecular weight excluding hydrogens is 486 g/mol. The second-order valence-corrected chi connectivity index (χ2v) is 8.89. The number of para-hydroxylation sites is 1. The number of rotatable bonds is 7. The predicted octanol–water partition coefficient (Wildman–Crippen LogP) is 5.09. The predicted molar refractivity (Wildman–Crippen MR) is 133 cm³/mol. The summed E-state index contributed by atoms with van der Waals surface area (Å²) < 4.78 is 5.59. The van der Waals surface area contributed by atoms with Crippen LogP contribution in [0.1, 0.15) is 24.9 Å². The van der Waals surface area contributed by atoms with Gasteiger partial charge in [0, 0.05) is 6.07 Å². The number of anilines is 2. The quantitative estimate of drug-likeness (QED) is 0.249. The molecule has 2 amide bonds. The number of hydrogen-bond acceptors (Lipinski definition) is 7. The fourth-order valence-corrected chi connectivity index (χ4v) is 4.76. The van der Waals surface area contributed by atoms with Crippen LogP contribution in [0.3, 0.4) is 0 Å². The van der Waals surface area contributed by atoms with E-state index in [4.69, 9.17) is 21.2 Å². The molecule has 0 bridgehead atoms. The number of hydrogen-bond donors (Lipinski definition) is 0. The van der Waals surface area contributed by atoms with Crippen molar-refractivity contribution < 1.29 is 24.1 Å². The van der Waals surface area contributed by atoms with Gasteiger partial charge in [0.2, 0.25) is 5.91 Å². The van der Waals surface area contributed by atoms with E-state index in [-0.39, 0.29) is 10.7 Å². The monoisotopic (exact) mass is 507 g/mol. The second-order valence-electron chi connectivity index (χ2n) is 8.48. The highest BCUT2D eigenvalue weighted by atomic mass is 35.5.